The molecule has 3 N–H and O–H groups in total. The van der Waals surface area contributed by atoms with Gasteiger partial charge in [-0.3, -0.25) is 9.89 Å². The summed E-state index contributed by atoms with van der Waals surface area (Å²) >= 11 is 5.95. The Morgan fingerprint density at radius 3 is 2.83 bits per heavy atom. The predicted octanol–water partition coefficient (Wildman–Crippen LogP) is 3.43. The van der Waals surface area contributed by atoms with Crippen LogP contribution in [-0.4, -0.2) is 34.1 Å². The van der Waals surface area contributed by atoms with Crippen molar-refractivity contribution in [3.8, 4) is 0 Å². The van der Waals surface area contributed by atoms with E-state index in [2.05, 4.69) is 10.2 Å². The van der Waals surface area contributed by atoms with Gasteiger partial charge in [0.05, 0.1) is 5.52 Å². The van der Waals surface area contributed by atoms with Crippen molar-refractivity contribution >= 4 is 34.2 Å². The lowest BCUT2D eigenvalue weighted by atomic mass is 9.99. The van der Waals surface area contributed by atoms with Gasteiger partial charge in [-0.1, -0.05) is 23.7 Å². The number of carbonyl (C=O) groups is 1. The number of nitrogens with one attached hydrogen (secondary N) is 1. The van der Waals surface area contributed by atoms with Gasteiger partial charge in [-0.25, -0.2) is 0 Å². The molecule has 3 aromatic rings. The summed E-state index contributed by atoms with van der Waals surface area (Å²) in [6.45, 7) is 1.48. The number of nitrogen functional groups attached to an aromatic ring is 1. The lowest BCUT2D eigenvalue weighted by molar-refractivity contribution is 0.0791. The largest absolute Gasteiger partial charge is 0.382 e. The van der Waals surface area contributed by atoms with Crippen molar-refractivity contribution in [3.05, 3.63) is 58.6 Å². The van der Waals surface area contributed by atoms with Crippen LogP contribution in [0.15, 0.2) is 42.5 Å². The molecule has 6 heteroatoms. The zero-order valence-electron chi connectivity index (χ0n) is 13.0. The Kier molecular flexibility index (Phi) is 3.65. The van der Waals surface area contributed by atoms with E-state index in [4.69, 9.17) is 17.3 Å². The molecule has 122 valence electrons. The summed E-state index contributed by atoms with van der Waals surface area (Å²) in [5, 5.41) is 8.33. The van der Waals surface area contributed by atoms with E-state index >= 15 is 0 Å². The zero-order valence-corrected chi connectivity index (χ0v) is 13.8. The van der Waals surface area contributed by atoms with Gasteiger partial charge in [0.15, 0.2) is 5.82 Å². The van der Waals surface area contributed by atoms with Gasteiger partial charge in [-0.15, -0.1) is 0 Å². The van der Waals surface area contributed by atoms with Crippen LogP contribution in [-0.2, 0) is 0 Å². The number of benzene rings is 2. The van der Waals surface area contributed by atoms with Crippen LogP contribution < -0.4 is 5.73 Å². The Hall–Kier alpha value is -2.53. The summed E-state index contributed by atoms with van der Waals surface area (Å²) in [6, 6.07) is 13.4. The first-order chi connectivity index (χ1) is 11.6. The summed E-state index contributed by atoms with van der Waals surface area (Å²) in [5.41, 5.74) is 8.54. The Bertz CT molecular complexity index is 903. The highest BCUT2D eigenvalue weighted by atomic mass is 35.5. The van der Waals surface area contributed by atoms with E-state index in [0.717, 1.165) is 35.4 Å². The van der Waals surface area contributed by atoms with Gasteiger partial charge in [0.2, 0.25) is 0 Å². The molecular weight excluding hydrogens is 324 g/mol. The fourth-order valence-corrected chi connectivity index (χ4v) is 3.43. The molecule has 4 rings (SSSR count). The van der Waals surface area contributed by atoms with Crippen LogP contribution in [0, 0.1) is 0 Å². The molecule has 1 saturated heterocycles. The van der Waals surface area contributed by atoms with Gasteiger partial charge in [0, 0.05) is 35.0 Å². The minimum atomic E-state index is 0.0361. The first-order valence-electron chi connectivity index (χ1n) is 7.90. The third-order valence-electron chi connectivity index (χ3n) is 4.66. The van der Waals surface area contributed by atoms with Crippen molar-refractivity contribution in [2.45, 2.75) is 12.3 Å². The molecule has 0 spiro atoms. The second-order valence-electron chi connectivity index (χ2n) is 6.16. The third kappa shape index (κ3) is 2.61. The maximum Gasteiger partial charge on any atom is 0.253 e. The molecule has 24 heavy (non-hydrogen) atoms. The topological polar surface area (TPSA) is 75.0 Å². The predicted molar refractivity (Wildman–Crippen MR) is 95.2 cm³/mol. The van der Waals surface area contributed by atoms with E-state index in [9.17, 15) is 4.79 Å². The number of halogens is 1. The highest BCUT2D eigenvalue weighted by Crippen LogP contribution is 2.29. The van der Waals surface area contributed by atoms with E-state index < -0.39 is 0 Å². The number of hydrogen-bond donors (Lipinski definition) is 2. The van der Waals surface area contributed by atoms with Gasteiger partial charge in [0.1, 0.15) is 0 Å². The standard InChI is InChI=1S/C18H17ClN4O/c19-14-4-1-11(2-5-14)13-7-8-23(10-13)18(24)12-3-6-16-15(9-12)17(20)22-21-16/h1-6,9,13H,7-8,10H2,(H3,20,21,22). The smallest absolute Gasteiger partial charge is 0.253 e. The fourth-order valence-electron chi connectivity index (χ4n) is 3.30. The second kappa shape index (κ2) is 5.83. The number of aromatic nitrogens is 2. The van der Waals surface area contributed by atoms with Crippen molar-refractivity contribution < 1.29 is 4.79 Å². The lowest BCUT2D eigenvalue weighted by Crippen LogP contribution is -2.28. The second-order valence-corrected chi connectivity index (χ2v) is 6.59. The summed E-state index contributed by atoms with van der Waals surface area (Å²) in [5.74, 6) is 0.808. The average Bonchev–Trinajstić information content (AvgIpc) is 3.22. The van der Waals surface area contributed by atoms with E-state index in [1.807, 2.05) is 47.4 Å². The first kappa shape index (κ1) is 15.0. The highest BCUT2D eigenvalue weighted by molar-refractivity contribution is 6.30. The minimum Gasteiger partial charge on any atom is -0.382 e. The summed E-state index contributed by atoms with van der Waals surface area (Å²) < 4.78 is 0. The molecule has 1 fully saturated rings. The molecular formula is C18H17ClN4O. The van der Waals surface area contributed by atoms with Gasteiger partial charge >= 0.3 is 0 Å². The summed E-state index contributed by atoms with van der Waals surface area (Å²) in [7, 11) is 0. The van der Waals surface area contributed by atoms with Crippen LogP contribution in [0.4, 0.5) is 5.82 Å². The number of hydrogen-bond acceptors (Lipinski definition) is 3. The Morgan fingerprint density at radius 1 is 1.25 bits per heavy atom. The maximum absolute atomic E-state index is 12.8. The molecule has 1 atom stereocenters. The Balaban J connectivity index is 1.54. The van der Waals surface area contributed by atoms with Crippen LogP contribution in [0.1, 0.15) is 28.3 Å². The molecule has 0 aliphatic carbocycles. The Labute approximate surface area is 144 Å². The molecule has 0 radical (unpaired) electrons. The van der Waals surface area contributed by atoms with Crippen LogP contribution in [0.25, 0.3) is 10.9 Å². The normalized spacial score (nSPS) is 17.5. The average molecular weight is 341 g/mol. The lowest BCUT2D eigenvalue weighted by Gasteiger charge is -2.17. The number of aromatic amines is 1. The number of H-pyrrole nitrogens is 1. The van der Waals surface area contributed by atoms with Crippen molar-refractivity contribution in [1.82, 2.24) is 15.1 Å². The first-order valence-corrected chi connectivity index (χ1v) is 8.28. The number of nitrogens with zero attached hydrogens (tertiary/aromatic N) is 2. The van der Waals surface area contributed by atoms with Crippen LogP contribution in [0.5, 0.6) is 0 Å². The van der Waals surface area contributed by atoms with Crippen molar-refractivity contribution in [2.75, 3.05) is 18.8 Å². The fraction of sp³-hybridized carbons (Fsp3) is 0.222. The monoisotopic (exact) mass is 340 g/mol. The molecule has 1 aliphatic heterocycles. The number of anilines is 1. The van der Waals surface area contributed by atoms with E-state index in [1.54, 1.807) is 0 Å². The number of amides is 1. The zero-order chi connectivity index (χ0) is 16.7. The summed E-state index contributed by atoms with van der Waals surface area (Å²) in [4.78, 5) is 14.7. The molecule has 2 aromatic carbocycles. The molecule has 2 heterocycles. The number of carbonyl (C=O) groups excluding carboxylic acids is 1. The molecule has 1 unspecified atom stereocenters. The Morgan fingerprint density at radius 2 is 2.04 bits per heavy atom. The van der Waals surface area contributed by atoms with Crippen LogP contribution in [0.3, 0.4) is 0 Å². The number of rotatable bonds is 2. The molecule has 5 nitrogen and oxygen atoms in total. The quantitative estimate of drug-likeness (QED) is 0.750. The molecule has 1 aliphatic rings. The van der Waals surface area contributed by atoms with Gasteiger partial charge < -0.3 is 10.6 Å². The van der Waals surface area contributed by atoms with Crippen molar-refractivity contribution in [1.29, 1.82) is 0 Å². The molecule has 1 aromatic heterocycles. The number of nitrogens with two attached hydrogens (primary N) is 1. The van der Waals surface area contributed by atoms with Crippen molar-refractivity contribution in [2.24, 2.45) is 0 Å². The van der Waals surface area contributed by atoms with Crippen LogP contribution in [0.2, 0.25) is 5.02 Å². The van der Waals surface area contributed by atoms with E-state index in [-0.39, 0.29) is 5.91 Å². The highest BCUT2D eigenvalue weighted by Gasteiger charge is 2.28. The molecule has 0 bridgehead atoms. The number of fused-ring (bicyclic) bond motifs is 1. The number of likely N-dealkylation sites (tertiary alicyclic amines) is 1. The van der Waals surface area contributed by atoms with Crippen LogP contribution >= 0.6 is 11.6 Å². The third-order valence-corrected chi connectivity index (χ3v) is 4.91. The summed E-state index contributed by atoms with van der Waals surface area (Å²) in [6.07, 6.45) is 0.962. The molecule has 0 saturated carbocycles. The van der Waals surface area contributed by atoms with Gasteiger partial charge in [-0.2, -0.15) is 5.10 Å². The molecule has 1 amide bonds. The van der Waals surface area contributed by atoms with Crippen molar-refractivity contribution in [3.63, 3.8) is 0 Å². The van der Waals surface area contributed by atoms with Gasteiger partial charge in [0.25, 0.3) is 5.91 Å². The minimum absolute atomic E-state index is 0.0361. The maximum atomic E-state index is 12.8. The van der Waals surface area contributed by atoms with E-state index in [0.29, 0.717) is 17.3 Å². The van der Waals surface area contributed by atoms with Gasteiger partial charge in [-0.05, 0) is 42.3 Å². The SMILES string of the molecule is Nc1n[nH]c2ccc(C(=O)N3CCC(c4ccc(Cl)cc4)C3)cc12. The van der Waals surface area contributed by atoms with E-state index in [1.165, 1.54) is 5.56 Å².